The van der Waals surface area contributed by atoms with Gasteiger partial charge in [0.1, 0.15) is 11.3 Å². The lowest BCUT2D eigenvalue weighted by atomic mass is 10.2. The summed E-state index contributed by atoms with van der Waals surface area (Å²) in [5.41, 5.74) is 0.696. The molecule has 0 amide bonds. The minimum absolute atomic E-state index is 0.429. The normalized spacial score (nSPS) is 10.7. The molecule has 1 aromatic heterocycles. The molecule has 0 atom stereocenters. The number of rotatable bonds is 1. The predicted molar refractivity (Wildman–Crippen MR) is 66.0 cm³/mol. The van der Waals surface area contributed by atoms with Crippen LogP contribution in [0.2, 0.25) is 10.0 Å². The van der Waals surface area contributed by atoms with Crippen molar-refractivity contribution in [3.63, 3.8) is 0 Å². The molecule has 2 aromatic rings. The first-order valence-corrected chi connectivity index (χ1v) is 5.66. The van der Waals surface area contributed by atoms with Gasteiger partial charge >= 0.3 is 0 Å². The monoisotopic (exact) mass is 305 g/mol. The number of hydrogen-bond acceptors (Lipinski definition) is 2. The number of fused-ring (bicyclic) bond motifs is 1. The molecule has 2 nitrogen and oxygen atoms in total. The average molecular weight is 307 g/mol. The minimum Gasteiger partial charge on any atom is -0.494 e. The fourth-order valence-corrected chi connectivity index (χ4v) is 2.36. The molecule has 0 aliphatic carbocycles. The summed E-state index contributed by atoms with van der Waals surface area (Å²) in [5.74, 6) is 0.673. The summed E-state index contributed by atoms with van der Waals surface area (Å²) in [4.78, 5) is 4.20. The summed E-state index contributed by atoms with van der Waals surface area (Å²) in [6.07, 6.45) is 1.52. The maximum atomic E-state index is 6.10. The highest BCUT2D eigenvalue weighted by atomic mass is 79.9. The number of nitrogens with zero attached hydrogens (tertiary/aromatic N) is 1. The van der Waals surface area contributed by atoms with Gasteiger partial charge in [0, 0.05) is 16.1 Å². The van der Waals surface area contributed by atoms with Crippen LogP contribution in [-0.2, 0) is 0 Å². The summed E-state index contributed by atoms with van der Waals surface area (Å²) >= 11 is 15.4. The summed E-state index contributed by atoms with van der Waals surface area (Å²) < 4.78 is 6.04. The van der Waals surface area contributed by atoms with Crippen LogP contribution in [0.4, 0.5) is 0 Å². The third kappa shape index (κ3) is 1.80. The molecular weight excluding hydrogens is 301 g/mol. The second-order valence-electron chi connectivity index (χ2n) is 2.89. The molecule has 0 unspecified atom stereocenters. The molecule has 0 bridgehead atoms. The van der Waals surface area contributed by atoms with Gasteiger partial charge in [-0.1, -0.05) is 39.1 Å². The molecule has 0 aliphatic heterocycles. The molecular formula is C10H6BrCl2NO. The first-order chi connectivity index (χ1) is 7.15. The van der Waals surface area contributed by atoms with Gasteiger partial charge in [-0.3, -0.25) is 4.98 Å². The van der Waals surface area contributed by atoms with Crippen LogP contribution in [0.25, 0.3) is 10.9 Å². The molecule has 15 heavy (non-hydrogen) atoms. The van der Waals surface area contributed by atoms with Crippen LogP contribution < -0.4 is 4.74 Å². The molecule has 0 saturated heterocycles. The van der Waals surface area contributed by atoms with Crippen LogP contribution in [0.5, 0.6) is 5.75 Å². The van der Waals surface area contributed by atoms with Crippen molar-refractivity contribution in [3.8, 4) is 5.75 Å². The zero-order chi connectivity index (χ0) is 11.0. The number of methoxy groups -OCH3 is 1. The van der Waals surface area contributed by atoms with E-state index in [1.165, 1.54) is 6.20 Å². The lowest BCUT2D eigenvalue weighted by Crippen LogP contribution is -1.89. The van der Waals surface area contributed by atoms with Crippen LogP contribution in [0.3, 0.4) is 0 Å². The minimum atomic E-state index is 0.429. The molecule has 78 valence electrons. The Labute approximate surface area is 105 Å². The highest BCUT2D eigenvalue weighted by Gasteiger charge is 2.12. The Hall–Kier alpha value is -0.510. The van der Waals surface area contributed by atoms with Gasteiger partial charge in [-0.2, -0.15) is 0 Å². The Kier molecular flexibility index (Phi) is 3.05. The smallest absolute Gasteiger partial charge is 0.145 e. The topological polar surface area (TPSA) is 22.1 Å². The Morgan fingerprint density at radius 1 is 1.33 bits per heavy atom. The van der Waals surface area contributed by atoms with Gasteiger partial charge in [-0.15, -0.1) is 0 Å². The Bertz CT molecular complexity index is 530. The third-order valence-corrected chi connectivity index (χ3v) is 3.48. The largest absolute Gasteiger partial charge is 0.494 e. The van der Waals surface area contributed by atoms with Gasteiger partial charge < -0.3 is 4.74 Å². The number of hydrogen-bond donors (Lipinski definition) is 0. The molecule has 0 spiro atoms. The molecule has 0 fully saturated rings. The third-order valence-electron chi connectivity index (χ3n) is 2.05. The van der Waals surface area contributed by atoms with E-state index in [0.29, 0.717) is 21.3 Å². The molecule has 0 saturated carbocycles. The van der Waals surface area contributed by atoms with Crippen molar-refractivity contribution in [2.45, 2.75) is 0 Å². The summed E-state index contributed by atoms with van der Waals surface area (Å²) in [7, 11) is 1.59. The highest BCUT2D eigenvalue weighted by Crippen LogP contribution is 2.37. The summed E-state index contributed by atoms with van der Waals surface area (Å²) in [6, 6.07) is 3.68. The quantitative estimate of drug-likeness (QED) is 0.783. The number of benzene rings is 1. The van der Waals surface area contributed by atoms with Gasteiger partial charge in [-0.05, 0) is 12.1 Å². The fourth-order valence-electron chi connectivity index (χ4n) is 1.35. The maximum Gasteiger partial charge on any atom is 0.145 e. The Balaban J connectivity index is 2.93. The molecule has 1 aromatic carbocycles. The van der Waals surface area contributed by atoms with Crippen LogP contribution >= 0.6 is 39.1 Å². The Morgan fingerprint density at radius 2 is 2.07 bits per heavy atom. The van der Waals surface area contributed by atoms with E-state index in [1.807, 2.05) is 12.1 Å². The van der Waals surface area contributed by atoms with Crippen molar-refractivity contribution in [1.29, 1.82) is 0 Å². The van der Waals surface area contributed by atoms with Gasteiger partial charge in [0.05, 0.1) is 17.2 Å². The number of ether oxygens (including phenoxy) is 1. The highest BCUT2D eigenvalue weighted by molar-refractivity contribution is 9.10. The van der Waals surface area contributed by atoms with E-state index in [0.717, 1.165) is 9.86 Å². The SMILES string of the molecule is COc1ccc(Br)c2c(Cl)c(Cl)cnc12. The van der Waals surface area contributed by atoms with Crippen molar-refractivity contribution in [3.05, 3.63) is 32.8 Å². The number of pyridine rings is 1. The fraction of sp³-hybridized carbons (Fsp3) is 0.100. The van der Waals surface area contributed by atoms with Crippen molar-refractivity contribution in [2.24, 2.45) is 0 Å². The van der Waals surface area contributed by atoms with Crippen molar-refractivity contribution >= 4 is 50.0 Å². The zero-order valence-corrected chi connectivity index (χ0v) is 10.8. The number of aromatic nitrogens is 1. The molecule has 0 radical (unpaired) electrons. The van der Waals surface area contributed by atoms with E-state index >= 15 is 0 Å². The van der Waals surface area contributed by atoms with Crippen LogP contribution in [0, 0.1) is 0 Å². The molecule has 2 rings (SSSR count). The van der Waals surface area contributed by atoms with Gasteiger partial charge in [0.25, 0.3) is 0 Å². The molecule has 0 N–H and O–H groups in total. The van der Waals surface area contributed by atoms with Crippen molar-refractivity contribution in [1.82, 2.24) is 4.98 Å². The average Bonchev–Trinajstić information content (AvgIpc) is 2.24. The lowest BCUT2D eigenvalue weighted by Gasteiger charge is -2.08. The van der Waals surface area contributed by atoms with Crippen LogP contribution in [-0.4, -0.2) is 12.1 Å². The van der Waals surface area contributed by atoms with Gasteiger partial charge in [0.15, 0.2) is 0 Å². The maximum absolute atomic E-state index is 6.10. The van der Waals surface area contributed by atoms with Crippen molar-refractivity contribution < 1.29 is 4.74 Å². The molecule has 1 heterocycles. The van der Waals surface area contributed by atoms with E-state index in [1.54, 1.807) is 7.11 Å². The molecule has 0 aliphatic rings. The number of halogens is 3. The predicted octanol–water partition coefficient (Wildman–Crippen LogP) is 4.31. The molecule has 5 heteroatoms. The summed E-state index contributed by atoms with van der Waals surface area (Å²) in [6.45, 7) is 0. The standard InChI is InChI=1S/C10H6BrCl2NO/c1-15-7-3-2-5(11)8-9(13)6(12)4-14-10(7)8/h2-4H,1H3. The lowest BCUT2D eigenvalue weighted by molar-refractivity contribution is 0.419. The Morgan fingerprint density at radius 3 is 2.73 bits per heavy atom. The first-order valence-electron chi connectivity index (χ1n) is 4.11. The van der Waals surface area contributed by atoms with E-state index in [2.05, 4.69) is 20.9 Å². The van der Waals surface area contributed by atoms with E-state index in [4.69, 9.17) is 27.9 Å². The van der Waals surface area contributed by atoms with E-state index in [-0.39, 0.29) is 0 Å². The van der Waals surface area contributed by atoms with Crippen LogP contribution in [0.15, 0.2) is 22.8 Å². The summed E-state index contributed by atoms with van der Waals surface area (Å²) in [5, 5.41) is 1.68. The van der Waals surface area contributed by atoms with Crippen LogP contribution in [0.1, 0.15) is 0 Å². The van der Waals surface area contributed by atoms with Gasteiger partial charge in [0.2, 0.25) is 0 Å². The van der Waals surface area contributed by atoms with E-state index < -0.39 is 0 Å². The van der Waals surface area contributed by atoms with Crippen molar-refractivity contribution in [2.75, 3.05) is 7.11 Å². The first kappa shape index (κ1) is 11.0. The zero-order valence-electron chi connectivity index (χ0n) is 7.72. The second kappa shape index (κ2) is 4.16. The van der Waals surface area contributed by atoms with E-state index in [9.17, 15) is 0 Å². The van der Waals surface area contributed by atoms with Gasteiger partial charge in [-0.25, -0.2) is 0 Å². The second-order valence-corrected chi connectivity index (χ2v) is 4.53.